The molecule has 0 saturated carbocycles. The number of benzene rings is 1. The van der Waals surface area contributed by atoms with E-state index in [9.17, 15) is 14.7 Å². The van der Waals surface area contributed by atoms with Crippen molar-refractivity contribution in [1.29, 1.82) is 0 Å². The van der Waals surface area contributed by atoms with Crippen LogP contribution in [0.5, 0.6) is 0 Å². The molecule has 0 bridgehead atoms. The second kappa shape index (κ2) is 8.05. The van der Waals surface area contributed by atoms with Crippen LogP contribution in [0.4, 0.5) is 0 Å². The van der Waals surface area contributed by atoms with Gasteiger partial charge in [0.15, 0.2) is 12.4 Å². The third-order valence-electron chi connectivity index (χ3n) is 3.32. The number of aliphatic hydroxyl groups is 1. The standard InChI is InChI=1S/C16H20O7/c1-10(17)20-9-13-14(15(16(19)23-13)22-11(2)18)21-8-12-6-4-3-5-7-12/h3-7,13-16,19H,8-9H2,1-2H3/t13-,14-,15-,16-/m0/s1. The Hall–Kier alpha value is -1.96. The summed E-state index contributed by atoms with van der Waals surface area (Å²) in [6, 6.07) is 9.40. The van der Waals surface area contributed by atoms with Gasteiger partial charge in [0.05, 0.1) is 6.61 Å². The van der Waals surface area contributed by atoms with E-state index in [0.29, 0.717) is 0 Å². The van der Waals surface area contributed by atoms with Crippen molar-refractivity contribution >= 4 is 11.9 Å². The van der Waals surface area contributed by atoms with Crippen LogP contribution in [0.2, 0.25) is 0 Å². The SMILES string of the molecule is CC(=O)OC[C@@H]1O[C@H](O)[C@@H](OC(C)=O)[C@H]1OCc1ccccc1. The molecule has 7 nitrogen and oxygen atoms in total. The molecule has 1 aromatic carbocycles. The minimum absolute atomic E-state index is 0.0936. The predicted octanol–water partition coefficient (Wildman–Crippen LogP) is 0.784. The maximum Gasteiger partial charge on any atom is 0.303 e. The number of hydrogen-bond acceptors (Lipinski definition) is 7. The second-order valence-corrected chi connectivity index (χ2v) is 5.20. The van der Waals surface area contributed by atoms with E-state index < -0.39 is 36.5 Å². The summed E-state index contributed by atoms with van der Waals surface area (Å²) in [7, 11) is 0. The normalized spacial score (nSPS) is 26.7. The number of rotatable bonds is 6. The van der Waals surface area contributed by atoms with Gasteiger partial charge in [0.2, 0.25) is 0 Å². The number of esters is 2. The zero-order valence-electron chi connectivity index (χ0n) is 13.0. The summed E-state index contributed by atoms with van der Waals surface area (Å²) in [5, 5.41) is 9.92. The Morgan fingerprint density at radius 2 is 1.83 bits per heavy atom. The van der Waals surface area contributed by atoms with E-state index in [1.165, 1.54) is 13.8 Å². The van der Waals surface area contributed by atoms with Crippen LogP contribution in [0, 0.1) is 0 Å². The van der Waals surface area contributed by atoms with Gasteiger partial charge in [0, 0.05) is 13.8 Å². The fraction of sp³-hybridized carbons (Fsp3) is 0.500. The first-order valence-corrected chi connectivity index (χ1v) is 7.27. The summed E-state index contributed by atoms with van der Waals surface area (Å²) >= 11 is 0. The molecule has 1 fully saturated rings. The third kappa shape index (κ3) is 5.02. The minimum Gasteiger partial charge on any atom is -0.463 e. The van der Waals surface area contributed by atoms with E-state index >= 15 is 0 Å². The monoisotopic (exact) mass is 324 g/mol. The van der Waals surface area contributed by atoms with Crippen molar-refractivity contribution in [3.63, 3.8) is 0 Å². The van der Waals surface area contributed by atoms with Gasteiger partial charge in [-0.3, -0.25) is 9.59 Å². The van der Waals surface area contributed by atoms with E-state index in [1.807, 2.05) is 30.3 Å². The molecule has 2 rings (SSSR count). The maximum atomic E-state index is 11.2. The molecular weight excluding hydrogens is 304 g/mol. The van der Waals surface area contributed by atoms with Crippen LogP contribution in [0.1, 0.15) is 19.4 Å². The first-order valence-electron chi connectivity index (χ1n) is 7.27. The predicted molar refractivity (Wildman–Crippen MR) is 78.1 cm³/mol. The topological polar surface area (TPSA) is 91.3 Å². The molecule has 0 spiro atoms. The quantitative estimate of drug-likeness (QED) is 0.773. The summed E-state index contributed by atoms with van der Waals surface area (Å²) in [5.41, 5.74) is 0.918. The minimum atomic E-state index is -1.33. The highest BCUT2D eigenvalue weighted by atomic mass is 16.7. The van der Waals surface area contributed by atoms with Crippen molar-refractivity contribution in [3.8, 4) is 0 Å². The van der Waals surface area contributed by atoms with E-state index in [0.717, 1.165) is 5.56 Å². The van der Waals surface area contributed by atoms with Crippen LogP contribution in [0.15, 0.2) is 30.3 Å². The molecule has 23 heavy (non-hydrogen) atoms. The second-order valence-electron chi connectivity index (χ2n) is 5.20. The first kappa shape index (κ1) is 17.4. The molecule has 0 unspecified atom stereocenters. The molecule has 7 heteroatoms. The van der Waals surface area contributed by atoms with Crippen LogP contribution in [-0.2, 0) is 35.1 Å². The van der Waals surface area contributed by atoms with Crippen LogP contribution in [0.3, 0.4) is 0 Å². The molecule has 4 atom stereocenters. The van der Waals surface area contributed by atoms with Crippen LogP contribution in [-0.4, -0.2) is 48.3 Å². The average Bonchev–Trinajstić information content (AvgIpc) is 2.79. The summed E-state index contributed by atoms with van der Waals surface area (Å²) in [4.78, 5) is 22.2. The van der Waals surface area contributed by atoms with Gasteiger partial charge in [0.25, 0.3) is 0 Å². The molecule has 1 aliphatic heterocycles. The number of hydrogen-bond donors (Lipinski definition) is 1. The van der Waals surface area contributed by atoms with Crippen molar-refractivity contribution in [1.82, 2.24) is 0 Å². The van der Waals surface area contributed by atoms with E-state index in [4.69, 9.17) is 18.9 Å². The average molecular weight is 324 g/mol. The Balaban J connectivity index is 2.05. The van der Waals surface area contributed by atoms with Gasteiger partial charge in [-0.1, -0.05) is 30.3 Å². The maximum absolute atomic E-state index is 11.2. The molecule has 0 amide bonds. The molecule has 1 saturated heterocycles. The highest BCUT2D eigenvalue weighted by Crippen LogP contribution is 2.27. The number of carbonyl (C=O) groups is 2. The van der Waals surface area contributed by atoms with Crippen LogP contribution in [0.25, 0.3) is 0 Å². The van der Waals surface area contributed by atoms with Crippen molar-refractivity contribution in [2.75, 3.05) is 6.61 Å². The van der Waals surface area contributed by atoms with Gasteiger partial charge in [0.1, 0.15) is 18.8 Å². The molecule has 0 aliphatic carbocycles. The summed E-state index contributed by atoms with van der Waals surface area (Å²) in [6.07, 6.45) is -3.77. The van der Waals surface area contributed by atoms with Crippen molar-refractivity contribution < 1.29 is 33.6 Å². The Bertz CT molecular complexity index is 530. The zero-order chi connectivity index (χ0) is 16.8. The Morgan fingerprint density at radius 3 is 2.43 bits per heavy atom. The third-order valence-corrected chi connectivity index (χ3v) is 3.32. The van der Waals surface area contributed by atoms with Gasteiger partial charge in [-0.2, -0.15) is 0 Å². The molecule has 126 valence electrons. The molecule has 0 radical (unpaired) electrons. The van der Waals surface area contributed by atoms with Crippen molar-refractivity contribution in [2.45, 2.75) is 45.1 Å². The van der Waals surface area contributed by atoms with Gasteiger partial charge >= 0.3 is 11.9 Å². The van der Waals surface area contributed by atoms with Gasteiger partial charge in [-0.05, 0) is 5.56 Å². The van der Waals surface area contributed by atoms with Crippen LogP contribution < -0.4 is 0 Å². The molecule has 1 aromatic rings. The van der Waals surface area contributed by atoms with E-state index in [1.54, 1.807) is 0 Å². The number of ether oxygens (including phenoxy) is 4. The van der Waals surface area contributed by atoms with Crippen molar-refractivity contribution in [3.05, 3.63) is 35.9 Å². The smallest absolute Gasteiger partial charge is 0.303 e. The molecule has 1 aliphatic rings. The van der Waals surface area contributed by atoms with E-state index in [2.05, 4.69) is 0 Å². The largest absolute Gasteiger partial charge is 0.463 e. The highest BCUT2D eigenvalue weighted by Gasteiger charge is 2.47. The molecule has 1 N–H and O–H groups in total. The lowest BCUT2D eigenvalue weighted by molar-refractivity contribution is -0.172. The lowest BCUT2D eigenvalue weighted by atomic mass is 10.1. The fourth-order valence-electron chi connectivity index (χ4n) is 2.33. The van der Waals surface area contributed by atoms with E-state index in [-0.39, 0.29) is 13.2 Å². The zero-order valence-corrected chi connectivity index (χ0v) is 13.0. The van der Waals surface area contributed by atoms with Crippen molar-refractivity contribution in [2.24, 2.45) is 0 Å². The number of carbonyl (C=O) groups excluding carboxylic acids is 2. The lowest BCUT2D eigenvalue weighted by Crippen LogP contribution is -2.40. The Labute approximate surface area is 134 Å². The summed E-state index contributed by atoms with van der Waals surface area (Å²) in [6.45, 7) is 2.66. The van der Waals surface area contributed by atoms with Gasteiger partial charge in [-0.25, -0.2) is 0 Å². The van der Waals surface area contributed by atoms with Gasteiger partial charge < -0.3 is 24.1 Å². The summed E-state index contributed by atoms with van der Waals surface area (Å²) < 4.78 is 21.1. The van der Waals surface area contributed by atoms with Crippen LogP contribution >= 0.6 is 0 Å². The lowest BCUT2D eigenvalue weighted by Gasteiger charge is -2.23. The Morgan fingerprint density at radius 1 is 1.13 bits per heavy atom. The molecular formula is C16H20O7. The number of aliphatic hydroxyl groups excluding tert-OH is 1. The fourth-order valence-corrected chi connectivity index (χ4v) is 2.33. The Kier molecular flexibility index (Phi) is 6.09. The summed E-state index contributed by atoms with van der Waals surface area (Å²) in [5.74, 6) is -1.03. The van der Waals surface area contributed by atoms with Gasteiger partial charge in [-0.15, -0.1) is 0 Å². The molecule has 0 aromatic heterocycles. The highest BCUT2D eigenvalue weighted by molar-refractivity contribution is 5.66. The first-order chi connectivity index (χ1) is 11.0. The molecule has 1 heterocycles.